The maximum atomic E-state index is 12.8. The molecule has 148 valence electrons. The SMILES string of the molecule is NC[C@H]1CCC[C@H]1C(=O)N1CCN(C(=O)c2cccc(C(F)(F)F)c2)CC1. The number of piperazine rings is 1. The molecule has 2 amide bonds. The number of rotatable bonds is 3. The first-order valence-electron chi connectivity index (χ1n) is 9.26. The molecule has 0 radical (unpaired) electrons. The lowest BCUT2D eigenvalue weighted by atomic mass is 9.94. The number of alkyl halides is 3. The fraction of sp³-hybridized carbons (Fsp3) is 0.579. The number of carbonyl (C=O) groups is 2. The Kier molecular flexibility index (Phi) is 5.74. The summed E-state index contributed by atoms with van der Waals surface area (Å²) in [6, 6.07) is 4.45. The summed E-state index contributed by atoms with van der Waals surface area (Å²) in [6.45, 7) is 1.95. The Morgan fingerprint density at radius 2 is 1.74 bits per heavy atom. The summed E-state index contributed by atoms with van der Waals surface area (Å²) in [5.74, 6) is -0.161. The summed E-state index contributed by atoms with van der Waals surface area (Å²) < 4.78 is 38.5. The molecule has 2 atom stereocenters. The number of amides is 2. The second kappa shape index (κ2) is 7.88. The molecule has 5 nitrogen and oxygen atoms in total. The molecule has 1 aliphatic heterocycles. The van der Waals surface area contributed by atoms with E-state index in [-0.39, 0.29) is 23.3 Å². The van der Waals surface area contributed by atoms with E-state index in [1.807, 2.05) is 0 Å². The predicted octanol–water partition coefficient (Wildman–Crippen LogP) is 2.36. The van der Waals surface area contributed by atoms with E-state index in [9.17, 15) is 22.8 Å². The minimum Gasteiger partial charge on any atom is -0.339 e. The number of halogens is 3. The molecular weight excluding hydrogens is 359 g/mol. The van der Waals surface area contributed by atoms with Gasteiger partial charge in [0.15, 0.2) is 0 Å². The summed E-state index contributed by atoms with van der Waals surface area (Å²) in [7, 11) is 0. The molecule has 1 aliphatic carbocycles. The summed E-state index contributed by atoms with van der Waals surface area (Å²) in [4.78, 5) is 28.5. The van der Waals surface area contributed by atoms with Crippen LogP contribution < -0.4 is 5.73 Å². The highest BCUT2D eigenvalue weighted by Gasteiger charge is 2.36. The van der Waals surface area contributed by atoms with Gasteiger partial charge in [-0.3, -0.25) is 9.59 Å². The van der Waals surface area contributed by atoms with Gasteiger partial charge in [-0.15, -0.1) is 0 Å². The van der Waals surface area contributed by atoms with Crippen molar-refractivity contribution in [2.45, 2.75) is 25.4 Å². The van der Waals surface area contributed by atoms with Crippen molar-refractivity contribution >= 4 is 11.8 Å². The molecule has 1 aromatic carbocycles. The van der Waals surface area contributed by atoms with Crippen molar-refractivity contribution in [2.75, 3.05) is 32.7 Å². The van der Waals surface area contributed by atoms with Crippen molar-refractivity contribution < 1.29 is 22.8 Å². The molecule has 1 saturated carbocycles. The van der Waals surface area contributed by atoms with Crippen LogP contribution in [0.25, 0.3) is 0 Å². The standard InChI is InChI=1S/C19H24F3N3O2/c20-19(21,22)15-5-1-3-13(11-15)17(26)24-7-9-25(10-8-24)18(27)16-6-2-4-14(16)12-23/h1,3,5,11,14,16H,2,4,6-10,12,23H2/t14-,16-/m1/s1. The van der Waals surface area contributed by atoms with Crippen molar-refractivity contribution in [1.29, 1.82) is 0 Å². The van der Waals surface area contributed by atoms with Crippen LogP contribution >= 0.6 is 0 Å². The Morgan fingerprint density at radius 3 is 2.37 bits per heavy atom. The molecule has 0 bridgehead atoms. The van der Waals surface area contributed by atoms with Gasteiger partial charge >= 0.3 is 6.18 Å². The summed E-state index contributed by atoms with van der Waals surface area (Å²) >= 11 is 0. The van der Waals surface area contributed by atoms with E-state index >= 15 is 0 Å². The third-order valence-electron chi connectivity index (χ3n) is 5.59. The molecule has 2 aliphatic rings. The zero-order valence-corrected chi connectivity index (χ0v) is 15.0. The predicted molar refractivity (Wildman–Crippen MR) is 93.8 cm³/mol. The zero-order chi connectivity index (χ0) is 19.6. The Morgan fingerprint density at radius 1 is 1.07 bits per heavy atom. The molecule has 0 spiro atoms. The van der Waals surface area contributed by atoms with E-state index in [1.165, 1.54) is 17.0 Å². The van der Waals surface area contributed by atoms with Gasteiger partial charge in [-0.2, -0.15) is 13.2 Å². The first-order valence-corrected chi connectivity index (χ1v) is 9.26. The average molecular weight is 383 g/mol. The second-order valence-corrected chi connectivity index (χ2v) is 7.23. The van der Waals surface area contributed by atoms with Gasteiger partial charge in [0, 0.05) is 37.7 Å². The highest BCUT2D eigenvalue weighted by atomic mass is 19.4. The largest absolute Gasteiger partial charge is 0.416 e. The van der Waals surface area contributed by atoms with Crippen LogP contribution in [0.2, 0.25) is 0 Å². The van der Waals surface area contributed by atoms with Crippen LogP contribution in [0.15, 0.2) is 24.3 Å². The Labute approximate surface area is 156 Å². The molecule has 3 rings (SSSR count). The Hall–Kier alpha value is -2.09. The molecule has 8 heteroatoms. The van der Waals surface area contributed by atoms with Crippen LogP contribution in [0.1, 0.15) is 35.2 Å². The summed E-state index contributed by atoms with van der Waals surface area (Å²) in [6.07, 6.45) is -1.65. The molecule has 0 unspecified atom stereocenters. The van der Waals surface area contributed by atoms with Gasteiger partial charge in [-0.05, 0) is 43.5 Å². The summed E-state index contributed by atoms with van der Waals surface area (Å²) in [5.41, 5.74) is 4.94. The smallest absolute Gasteiger partial charge is 0.339 e. The van der Waals surface area contributed by atoms with Gasteiger partial charge in [-0.1, -0.05) is 12.5 Å². The Balaban J connectivity index is 1.60. The van der Waals surface area contributed by atoms with E-state index in [1.54, 1.807) is 4.90 Å². The monoisotopic (exact) mass is 383 g/mol. The van der Waals surface area contributed by atoms with Crippen LogP contribution in [0.3, 0.4) is 0 Å². The number of carbonyl (C=O) groups excluding carboxylic acids is 2. The van der Waals surface area contributed by atoms with Crippen LogP contribution in [0.5, 0.6) is 0 Å². The minimum absolute atomic E-state index is 0.0172. The topological polar surface area (TPSA) is 66.6 Å². The number of benzene rings is 1. The van der Waals surface area contributed by atoms with Gasteiger partial charge in [0.1, 0.15) is 0 Å². The van der Waals surface area contributed by atoms with Crippen LogP contribution in [-0.2, 0) is 11.0 Å². The molecule has 1 saturated heterocycles. The number of hydrogen-bond donors (Lipinski definition) is 1. The third-order valence-corrected chi connectivity index (χ3v) is 5.59. The lowest BCUT2D eigenvalue weighted by molar-refractivity contribution is -0.138. The van der Waals surface area contributed by atoms with Gasteiger partial charge in [-0.25, -0.2) is 0 Å². The molecule has 1 heterocycles. The molecule has 0 aromatic heterocycles. The van der Waals surface area contributed by atoms with E-state index in [0.29, 0.717) is 32.7 Å². The number of nitrogens with zero attached hydrogens (tertiary/aromatic N) is 2. The molecule has 1 aromatic rings. The van der Waals surface area contributed by atoms with Gasteiger partial charge in [0.25, 0.3) is 5.91 Å². The minimum atomic E-state index is -4.48. The molecular formula is C19H24F3N3O2. The average Bonchev–Trinajstić information content (AvgIpc) is 3.15. The van der Waals surface area contributed by atoms with Gasteiger partial charge < -0.3 is 15.5 Å². The van der Waals surface area contributed by atoms with Crippen LogP contribution in [0.4, 0.5) is 13.2 Å². The van der Waals surface area contributed by atoms with E-state index in [2.05, 4.69) is 0 Å². The van der Waals surface area contributed by atoms with Gasteiger partial charge in [0.2, 0.25) is 5.91 Å². The van der Waals surface area contributed by atoms with Crippen LogP contribution in [-0.4, -0.2) is 54.3 Å². The lowest BCUT2D eigenvalue weighted by Crippen LogP contribution is -2.52. The number of nitrogens with two attached hydrogens (primary N) is 1. The first-order chi connectivity index (χ1) is 12.8. The van der Waals surface area contributed by atoms with Crippen molar-refractivity contribution in [3.05, 3.63) is 35.4 Å². The second-order valence-electron chi connectivity index (χ2n) is 7.23. The molecule has 2 fully saturated rings. The van der Waals surface area contributed by atoms with Crippen molar-refractivity contribution in [1.82, 2.24) is 9.80 Å². The normalized spacial score (nSPS) is 23.6. The molecule has 2 N–H and O–H groups in total. The lowest BCUT2D eigenvalue weighted by Gasteiger charge is -2.36. The highest BCUT2D eigenvalue weighted by molar-refractivity contribution is 5.94. The maximum Gasteiger partial charge on any atom is 0.416 e. The highest BCUT2D eigenvalue weighted by Crippen LogP contribution is 2.33. The summed E-state index contributed by atoms with van der Waals surface area (Å²) in [5, 5.41) is 0. The van der Waals surface area contributed by atoms with E-state index in [0.717, 1.165) is 31.4 Å². The maximum absolute atomic E-state index is 12.8. The number of hydrogen-bond acceptors (Lipinski definition) is 3. The van der Waals surface area contributed by atoms with Crippen molar-refractivity contribution in [2.24, 2.45) is 17.6 Å². The van der Waals surface area contributed by atoms with Crippen molar-refractivity contribution in [3.63, 3.8) is 0 Å². The quantitative estimate of drug-likeness (QED) is 0.872. The first kappa shape index (κ1) is 19.7. The van der Waals surface area contributed by atoms with Crippen molar-refractivity contribution in [3.8, 4) is 0 Å². The fourth-order valence-electron chi connectivity index (χ4n) is 4.02. The Bertz CT molecular complexity index is 700. The van der Waals surface area contributed by atoms with E-state index in [4.69, 9.17) is 5.73 Å². The van der Waals surface area contributed by atoms with Crippen LogP contribution in [0, 0.1) is 11.8 Å². The molecule has 27 heavy (non-hydrogen) atoms. The zero-order valence-electron chi connectivity index (χ0n) is 15.0. The third kappa shape index (κ3) is 4.26. The van der Waals surface area contributed by atoms with Gasteiger partial charge in [0.05, 0.1) is 5.56 Å². The fourth-order valence-corrected chi connectivity index (χ4v) is 4.02. The van der Waals surface area contributed by atoms with E-state index < -0.39 is 17.6 Å².